The summed E-state index contributed by atoms with van der Waals surface area (Å²) in [6.07, 6.45) is -3.13. The highest BCUT2D eigenvalue weighted by atomic mass is 16.6. The van der Waals surface area contributed by atoms with Gasteiger partial charge in [-0.2, -0.15) is 0 Å². The van der Waals surface area contributed by atoms with Gasteiger partial charge in [-0.1, -0.05) is 152 Å². The maximum absolute atomic E-state index is 12.1. The van der Waals surface area contributed by atoms with Gasteiger partial charge >= 0.3 is 5.97 Å². The highest BCUT2D eigenvalue weighted by Gasteiger charge is 2.49. The van der Waals surface area contributed by atoms with Gasteiger partial charge < -0.3 is 28.8 Å². The van der Waals surface area contributed by atoms with E-state index in [4.69, 9.17) is 23.7 Å². The first-order valence-corrected chi connectivity index (χ1v) is 18.1. The van der Waals surface area contributed by atoms with Gasteiger partial charge in [0.25, 0.3) is 0 Å². The van der Waals surface area contributed by atoms with Crippen molar-refractivity contribution >= 4 is 16.7 Å². The van der Waals surface area contributed by atoms with Crippen molar-refractivity contribution in [2.24, 2.45) is 0 Å². The zero-order valence-electron chi connectivity index (χ0n) is 29.5. The molecule has 1 fully saturated rings. The van der Waals surface area contributed by atoms with Gasteiger partial charge in [0.1, 0.15) is 30.5 Å². The molecular weight excluding hydrogens is 664 g/mol. The van der Waals surface area contributed by atoms with E-state index in [0.29, 0.717) is 32.0 Å². The van der Waals surface area contributed by atoms with E-state index in [0.717, 1.165) is 38.6 Å². The number of carboxylic acids is 1. The zero-order chi connectivity index (χ0) is 36.2. The summed E-state index contributed by atoms with van der Waals surface area (Å²) in [7, 11) is 0. The Balaban J connectivity index is 1.30. The number of fused-ring (bicyclic) bond motifs is 1. The van der Waals surface area contributed by atoms with Crippen molar-refractivity contribution in [2.75, 3.05) is 6.61 Å². The second-order valence-corrected chi connectivity index (χ2v) is 13.4. The van der Waals surface area contributed by atoms with Crippen molar-refractivity contribution in [1.29, 1.82) is 0 Å². The molecule has 0 radical (unpaired) electrons. The largest absolute Gasteiger partial charge is 0.481 e. The van der Waals surface area contributed by atoms with Gasteiger partial charge in [-0.05, 0) is 50.2 Å². The SMILES string of the molecule is O=C(O)Cc1cc(C2OC(COCc3ccccc3)C(OCc3ccccc3)C(OCc3ccccc3)C2OCc2ccccc2)cc2ccccc12. The molecule has 1 N–H and O–H groups in total. The average Bonchev–Trinajstić information content (AvgIpc) is 3.20. The van der Waals surface area contributed by atoms with Crippen LogP contribution in [0.4, 0.5) is 0 Å². The first-order valence-electron chi connectivity index (χ1n) is 18.1. The molecule has 5 atom stereocenters. The van der Waals surface area contributed by atoms with Gasteiger partial charge in [0, 0.05) is 0 Å². The highest BCUT2D eigenvalue weighted by molar-refractivity contribution is 5.89. The van der Waals surface area contributed by atoms with E-state index >= 15 is 0 Å². The van der Waals surface area contributed by atoms with E-state index in [9.17, 15) is 9.90 Å². The second kappa shape index (κ2) is 18.1. The molecule has 53 heavy (non-hydrogen) atoms. The molecule has 6 aromatic rings. The molecule has 0 bridgehead atoms. The molecular formula is C46H44O7. The molecule has 1 aliphatic heterocycles. The molecule has 0 aliphatic carbocycles. The molecule has 0 spiro atoms. The minimum absolute atomic E-state index is 0.128. The number of benzene rings is 6. The van der Waals surface area contributed by atoms with Gasteiger partial charge in [-0.3, -0.25) is 4.79 Å². The minimum atomic E-state index is -0.903. The summed E-state index contributed by atoms with van der Waals surface area (Å²) in [5, 5.41) is 11.7. The third-order valence-corrected chi connectivity index (χ3v) is 9.52. The number of carbonyl (C=O) groups is 1. The predicted octanol–water partition coefficient (Wildman–Crippen LogP) is 8.88. The van der Waals surface area contributed by atoms with Crippen LogP contribution in [0.1, 0.15) is 39.5 Å². The molecule has 7 rings (SSSR count). The molecule has 0 amide bonds. The van der Waals surface area contributed by atoms with Crippen LogP contribution in [0.15, 0.2) is 158 Å². The van der Waals surface area contributed by atoms with Crippen LogP contribution >= 0.6 is 0 Å². The fourth-order valence-electron chi connectivity index (χ4n) is 6.95. The monoisotopic (exact) mass is 708 g/mol. The van der Waals surface area contributed by atoms with Crippen molar-refractivity contribution in [3.8, 4) is 0 Å². The van der Waals surface area contributed by atoms with E-state index in [2.05, 4.69) is 6.07 Å². The first kappa shape index (κ1) is 36.2. The molecule has 1 aliphatic rings. The van der Waals surface area contributed by atoms with Crippen LogP contribution in [0, 0.1) is 0 Å². The lowest BCUT2D eigenvalue weighted by Gasteiger charge is -2.46. The summed E-state index contributed by atoms with van der Waals surface area (Å²) >= 11 is 0. The molecule has 5 unspecified atom stereocenters. The third kappa shape index (κ3) is 9.64. The Morgan fingerprint density at radius 1 is 0.547 bits per heavy atom. The number of rotatable bonds is 16. The quantitative estimate of drug-likeness (QED) is 0.108. The van der Waals surface area contributed by atoms with Crippen molar-refractivity contribution in [3.63, 3.8) is 0 Å². The van der Waals surface area contributed by atoms with Crippen LogP contribution in [0.2, 0.25) is 0 Å². The van der Waals surface area contributed by atoms with Crippen LogP contribution in [0.3, 0.4) is 0 Å². The molecule has 0 saturated carbocycles. The Kier molecular flexibility index (Phi) is 12.3. The summed E-state index contributed by atoms with van der Waals surface area (Å²) in [4.78, 5) is 12.1. The standard InChI is InChI=1S/C46H44O7/c47-42(48)27-38-26-39(25-37-23-13-14-24-40(37)38)43-45(51-30-35-19-9-3-10-20-35)46(52-31-36-21-11-4-12-22-36)44(50-29-34-17-7-2-8-18-34)41(53-43)32-49-28-33-15-5-1-6-16-33/h1-26,41,43-46H,27-32H2,(H,47,48). The smallest absolute Gasteiger partial charge is 0.307 e. The molecule has 0 aromatic heterocycles. The van der Waals surface area contributed by atoms with E-state index in [1.54, 1.807) is 0 Å². The van der Waals surface area contributed by atoms with Gasteiger partial charge in [0.2, 0.25) is 0 Å². The van der Waals surface area contributed by atoms with Crippen LogP contribution in [-0.2, 0) is 61.3 Å². The lowest BCUT2D eigenvalue weighted by molar-refractivity contribution is -0.275. The Bertz CT molecular complexity index is 2020. The van der Waals surface area contributed by atoms with Crippen molar-refractivity contribution in [1.82, 2.24) is 0 Å². The van der Waals surface area contributed by atoms with Crippen molar-refractivity contribution < 1.29 is 33.6 Å². The number of aliphatic carboxylic acids is 1. The Hall–Kier alpha value is -5.15. The second-order valence-electron chi connectivity index (χ2n) is 13.4. The summed E-state index contributed by atoms with van der Waals surface area (Å²) in [5.74, 6) is -0.903. The van der Waals surface area contributed by atoms with Crippen molar-refractivity contribution in [2.45, 2.75) is 63.4 Å². The Labute approximate surface area is 310 Å². The summed E-state index contributed by atoms with van der Waals surface area (Å²) in [5.41, 5.74) is 5.61. The minimum Gasteiger partial charge on any atom is -0.481 e. The van der Waals surface area contributed by atoms with Crippen LogP contribution in [-0.4, -0.2) is 42.1 Å². The number of hydrogen-bond acceptors (Lipinski definition) is 6. The van der Waals surface area contributed by atoms with Crippen LogP contribution < -0.4 is 0 Å². The third-order valence-electron chi connectivity index (χ3n) is 9.52. The fraction of sp³-hybridized carbons (Fsp3) is 0.239. The topological polar surface area (TPSA) is 83.5 Å². The highest BCUT2D eigenvalue weighted by Crippen LogP contribution is 2.40. The molecule has 7 heteroatoms. The predicted molar refractivity (Wildman–Crippen MR) is 204 cm³/mol. The normalized spacial score (nSPS) is 20.0. The molecule has 1 saturated heterocycles. The van der Waals surface area contributed by atoms with Crippen LogP contribution in [0.25, 0.3) is 10.8 Å². The lowest BCUT2D eigenvalue weighted by Crippen LogP contribution is -2.58. The maximum Gasteiger partial charge on any atom is 0.307 e. The van der Waals surface area contributed by atoms with E-state index in [1.165, 1.54) is 0 Å². The zero-order valence-corrected chi connectivity index (χ0v) is 29.5. The van der Waals surface area contributed by atoms with Gasteiger partial charge in [0.05, 0.1) is 39.5 Å². The number of carboxylic acid groups (broad SMARTS) is 1. The summed E-state index contributed by atoms with van der Waals surface area (Å²) in [6, 6.07) is 52.0. The average molecular weight is 709 g/mol. The fourth-order valence-corrected chi connectivity index (χ4v) is 6.95. The Morgan fingerprint density at radius 3 is 1.57 bits per heavy atom. The lowest BCUT2D eigenvalue weighted by atomic mass is 9.88. The molecule has 270 valence electrons. The van der Waals surface area contributed by atoms with Crippen LogP contribution in [0.5, 0.6) is 0 Å². The number of hydrogen-bond donors (Lipinski definition) is 1. The molecule has 1 heterocycles. The molecule has 7 nitrogen and oxygen atoms in total. The molecule has 6 aromatic carbocycles. The van der Waals surface area contributed by atoms with E-state index < -0.39 is 36.5 Å². The summed E-state index contributed by atoms with van der Waals surface area (Å²) < 4.78 is 34.1. The maximum atomic E-state index is 12.1. The first-order chi connectivity index (χ1) is 26.1. The van der Waals surface area contributed by atoms with Gasteiger partial charge in [-0.25, -0.2) is 0 Å². The summed E-state index contributed by atoms with van der Waals surface area (Å²) in [6.45, 7) is 1.61. The number of ether oxygens (including phenoxy) is 5. The van der Waals surface area contributed by atoms with E-state index in [1.807, 2.05) is 152 Å². The van der Waals surface area contributed by atoms with Gasteiger partial charge in [-0.15, -0.1) is 0 Å². The van der Waals surface area contributed by atoms with Gasteiger partial charge in [0.15, 0.2) is 0 Å². The van der Waals surface area contributed by atoms with Crippen molar-refractivity contribution in [3.05, 3.63) is 191 Å². The van der Waals surface area contributed by atoms with E-state index in [-0.39, 0.29) is 13.0 Å². The Morgan fingerprint density at radius 2 is 1.02 bits per heavy atom.